The molecule has 0 aliphatic rings. The summed E-state index contributed by atoms with van der Waals surface area (Å²) in [6.07, 6.45) is 3.39. The molecule has 0 fully saturated rings. The first-order valence-electron chi connectivity index (χ1n) is 8.42. The third kappa shape index (κ3) is 3.21. The first kappa shape index (κ1) is 16.8. The highest BCUT2D eigenvalue weighted by atomic mass is 35.5. The van der Waals surface area contributed by atoms with Crippen LogP contribution >= 0.6 is 22.9 Å². The Balaban J connectivity index is 1.32. The molecule has 5 rings (SSSR count). The molecule has 8 nitrogen and oxygen atoms in total. The van der Waals surface area contributed by atoms with Crippen LogP contribution in [0.25, 0.3) is 22.3 Å². The number of anilines is 2. The summed E-state index contributed by atoms with van der Waals surface area (Å²) in [5.74, 6) is 0.684. The molecule has 0 saturated carbocycles. The lowest BCUT2D eigenvalue weighted by atomic mass is 10.2. The lowest BCUT2D eigenvalue weighted by molar-refractivity contribution is 0.677. The third-order valence-corrected chi connectivity index (χ3v) is 5.36. The number of nitrogens with zero attached hydrogens (tertiary/aromatic N) is 6. The molecule has 3 heterocycles. The maximum absolute atomic E-state index is 6.44. The summed E-state index contributed by atoms with van der Waals surface area (Å²) in [5.41, 5.74) is 2.62. The quantitative estimate of drug-likeness (QED) is 0.454. The normalized spacial score (nSPS) is 11.2. The van der Waals surface area contributed by atoms with Gasteiger partial charge in [0.2, 0.25) is 5.13 Å². The molecule has 3 aromatic heterocycles. The van der Waals surface area contributed by atoms with Gasteiger partial charge >= 0.3 is 0 Å². The van der Waals surface area contributed by atoms with Crippen molar-refractivity contribution in [3.63, 3.8) is 0 Å². The molecule has 0 saturated heterocycles. The van der Waals surface area contributed by atoms with Gasteiger partial charge in [-0.15, -0.1) is 10.2 Å². The zero-order valence-corrected chi connectivity index (χ0v) is 15.9. The Labute approximate surface area is 168 Å². The van der Waals surface area contributed by atoms with Crippen molar-refractivity contribution < 1.29 is 0 Å². The molecule has 138 valence electrons. The molecule has 0 atom stereocenters. The van der Waals surface area contributed by atoms with Crippen LogP contribution in [-0.2, 0) is 6.54 Å². The van der Waals surface area contributed by atoms with Crippen molar-refractivity contribution >= 4 is 44.7 Å². The highest BCUT2D eigenvalue weighted by molar-refractivity contribution is 7.15. The monoisotopic (exact) mass is 408 g/mol. The fourth-order valence-electron chi connectivity index (χ4n) is 2.79. The van der Waals surface area contributed by atoms with Gasteiger partial charge in [-0.05, 0) is 12.1 Å². The maximum Gasteiger partial charge on any atom is 0.210 e. The van der Waals surface area contributed by atoms with Crippen LogP contribution in [0.15, 0.2) is 55.0 Å². The SMILES string of the molecule is Clc1c(Nc2nnc(Cn3cnc(-c4ccccc4)n3)s2)ccc2[nH]ncc12. The number of hydrogen-bond donors (Lipinski definition) is 2. The number of halogens is 1. The number of hydrogen-bond acceptors (Lipinski definition) is 7. The lowest BCUT2D eigenvalue weighted by Gasteiger charge is -2.05. The number of H-pyrrole nitrogens is 1. The second kappa shape index (κ2) is 7.02. The molecule has 0 spiro atoms. The van der Waals surface area contributed by atoms with Crippen LogP contribution in [0.5, 0.6) is 0 Å². The van der Waals surface area contributed by atoms with Gasteiger partial charge < -0.3 is 5.32 Å². The molecule has 0 amide bonds. The Morgan fingerprint density at radius 1 is 1.11 bits per heavy atom. The molecule has 28 heavy (non-hydrogen) atoms. The molecule has 0 radical (unpaired) electrons. The Bertz CT molecular complexity index is 1240. The zero-order chi connectivity index (χ0) is 18.9. The van der Waals surface area contributed by atoms with Crippen molar-refractivity contribution in [1.82, 2.24) is 35.2 Å². The van der Waals surface area contributed by atoms with Crippen LogP contribution in [0.3, 0.4) is 0 Å². The van der Waals surface area contributed by atoms with E-state index >= 15 is 0 Å². The molecular weight excluding hydrogens is 396 g/mol. The minimum atomic E-state index is 0.494. The Morgan fingerprint density at radius 3 is 2.89 bits per heavy atom. The Kier molecular flexibility index (Phi) is 4.22. The van der Waals surface area contributed by atoms with Crippen LogP contribution in [0.2, 0.25) is 5.02 Å². The van der Waals surface area contributed by atoms with E-state index in [0.29, 0.717) is 22.5 Å². The van der Waals surface area contributed by atoms with Crippen molar-refractivity contribution in [2.75, 3.05) is 5.32 Å². The molecule has 0 unspecified atom stereocenters. The average molecular weight is 409 g/mol. The van der Waals surface area contributed by atoms with Crippen LogP contribution < -0.4 is 5.32 Å². The van der Waals surface area contributed by atoms with E-state index < -0.39 is 0 Å². The van der Waals surface area contributed by atoms with E-state index in [-0.39, 0.29) is 0 Å². The van der Waals surface area contributed by atoms with Gasteiger partial charge in [-0.25, -0.2) is 9.67 Å². The van der Waals surface area contributed by atoms with Gasteiger partial charge in [0.05, 0.1) is 29.0 Å². The van der Waals surface area contributed by atoms with E-state index in [9.17, 15) is 0 Å². The van der Waals surface area contributed by atoms with E-state index in [1.165, 1.54) is 11.3 Å². The van der Waals surface area contributed by atoms with Crippen molar-refractivity contribution in [3.8, 4) is 11.4 Å². The van der Waals surface area contributed by atoms with Gasteiger partial charge in [-0.2, -0.15) is 10.2 Å². The van der Waals surface area contributed by atoms with Gasteiger partial charge in [0.15, 0.2) is 5.82 Å². The second-order valence-corrected chi connectivity index (χ2v) is 7.46. The topological polar surface area (TPSA) is 97.2 Å². The van der Waals surface area contributed by atoms with Gasteiger partial charge in [0, 0.05) is 10.9 Å². The third-order valence-electron chi connectivity index (χ3n) is 4.13. The van der Waals surface area contributed by atoms with Crippen molar-refractivity contribution in [2.24, 2.45) is 0 Å². The van der Waals surface area contributed by atoms with E-state index in [4.69, 9.17) is 11.6 Å². The largest absolute Gasteiger partial charge is 0.329 e. The summed E-state index contributed by atoms with van der Waals surface area (Å²) in [6.45, 7) is 0.494. The van der Waals surface area contributed by atoms with Crippen molar-refractivity contribution in [2.45, 2.75) is 6.54 Å². The molecule has 2 aromatic carbocycles. The molecule has 2 N–H and O–H groups in total. The van der Waals surface area contributed by atoms with E-state index in [2.05, 4.69) is 35.8 Å². The summed E-state index contributed by atoms with van der Waals surface area (Å²) < 4.78 is 1.75. The number of benzene rings is 2. The Morgan fingerprint density at radius 2 is 2.00 bits per heavy atom. The minimum Gasteiger partial charge on any atom is -0.329 e. The van der Waals surface area contributed by atoms with Crippen LogP contribution in [0.4, 0.5) is 10.8 Å². The first-order valence-corrected chi connectivity index (χ1v) is 9.61. The average Bonchev–Trinajstić information content (AvgIpc) is 3.46. The fraction of sp³-hybridized carbons (Fsp3) is 0.0556. The molecule has 0 aliphatic carbocycles. The highest BCUT2D eigenvalue weighted by Gasteiger charge is 2.11. The smallest absolute Gasteiger partial charge is 0.210 e. The first-order chi connectivity index (χ1) is 13.8. The van der Waals surface area contributed by atoms with Gasteiger partial charge in [0.25, 0.3) is 0 Å². The molecular formula is C18H13ClN8S. The maximum atomic E-state index is 6.44. The van der Waals surface area contributed by atoms with E-state index in [1.54, 1.807) is 17.2 Å². The van der Waals surface area contributed by atoms with E-state index in [0.717, 1.165) is 27.2 Å². The summed E-state index contributed by atoms with van der Waals surface area (Å²) in [7, 11) is 0. The standard InChI is InChI=1S/C18H13ClN8S/c19-16-12-8-21-23-13(12)6-7-14(16)22-18-25-24-15(28-18)9-27-10-20-17(26-27)11-4-2-1-3-5-11/h1-8,10H,9H2,(H,21,23)(H,22,25). The summed E-state index contributed by atoms with van der Waals surface area (Å²) in [5, 5.41) is 26.0. The minimum absolute atomic E-state index is 0.494. The van der Waals surface area contributed by atoms with Crippen LogP contribution in [0.1, 0.15) is 5.01 Å². The van der Waals surface area contributed by atoms with Crippen LogP contribution in [-0.4, -0.2) is 35.2 Å². The summed E-state index contributed by atoms with van der Waals surface area (Å²) in [6, 6.07) is 13.6. The fourth-order valence-corrected chi connectivity index (χ4v) is 3.80. The second-order valence-electron chi connectivity index (χ2n) is 6.02. The lowest BCUT2D eigenvalue weighted by Crippen LogP contribution is -1.99. The molecule has 0 aliphatic heterocycles. The predicted molar refractivity (Wildman–Crippen MR) is 109 cm³/mol. The van der Waals surface area contributed by atoms with Crippen molar-refractivity contribution in [1.29, 1.82) is 0 Å². The van der Waals surface area contributed by atoms with Crippen LogP contribution in [0, 0.1) is 0 Å². The number of aromatic amines is 1. The molecule has 5 aromatic rings. The zero-order valence-electron chi connectivity index (χ0n) is 14.4. The Hall–Kier alpha value is -3.30. The predicted octanol–water partition coefficient (Wildman–Crippen LogP) is 4.12. The number of aromatic nitrogens is 7. The molecule has 0 bridgehead atoms. The molecule has 10 heteroatoms. The summed E-state index contributed by atoms with van der Waals surface area (Å²) >= 11 is 7.88. The highest BCUT2D eigenvalue weighted by Crippen LogP contribution is 2.32. The van der Waals surface area contributed by atoms with Crippen molar-refractivity contribution in [3.05, 3.63) is 65.0 Å². The number of nitrogens with one attached hydrogen (secondary N) is 2. The number of fused-ring (bicyclic) bond motifs is 1. The summed E-state index contributed by atoms with van der Waals surface area (Å²) in [4.78, 5) is 4.36. The number of rotatable bonds is 5. The van der Waals surface area contributed by atoms with Gasteiger partial charge in [0.1, 0.15) is 11.3 Å². The van der Waals surface area contributed by atoms with E-state index in [1.807, 2.05) is 42.5 Å². The van der Waals surface area contributed by atoms with Gasteiger partial charge in [-0.1, -0.05) is 53.3 Å². The van der Waals surface area contributed by atoms with Gasteiger partial charge in [-0.3, -0.25) is 5.10 Å².